The molecule has 1 amide bonds. The summed E-state index contributed by atoms with van der Waals surface area (Å²) in [6.45, 7) is 3.14. The summed E-state index contributed by atoms with van der Waals surface area (Å²) in [6, 6.07) is 15.4. The number of aromatic nitrogens is 4. The van der Waals surface area contributed by atoms with E-state index in [2.05, 4.69) is 15.4 Å². The van der Waals surface area contributed by atoms with Gasteiger partial charge in [0, 0.05) is 17.3 Å². The van der Waals surface area contributed by atoms with Gasteiger partial charge in [0.2, 0.25) is 5.91 Å². The molecule has 29 heavy (non-hydrogen) atoms. The van der Waals surface area contributed by atoms with Gasteiger partial charge in [0.05, 0.1) is 5.69 Å². The largest absolute Gasteiger partial charge is 0.352 e. The summed E-state index contributed by atoms with van der Waals surface area (Å²) in [4.78, 5) is 29.6. The number of benzene rings is 2. The number of anilines is 1. The van der Waals surface area contributed by atoms with Crippen LogP contribution in [0.25, 0.3) is 16.9 Å². The van der Waals surface area contributed by atoms with Gasteiger partial charge < -0.3 is 5.32 Å². The van der Waals surface area contributed by atoms with E-state index in [1.165, 1.54) is 22.6 Å². The van der Waals surface area contributed by atoms with E-state index in [1.807, 2.05) is 30.3 Å². The maximum Gasteiger partial charge on any atom is 0.352 e. The third kappa shape index (κ3) is 3.64. The Labute approximate surface area is 165 Å². The van der Waals surface area contributed by atoms with Gasteiger partial charge in [0.15, 0.2) is 5.65 Å². The number of amides is 1. The molecule has 4 rings (SSSR count). The minimum atomic E-state index is -0.449. The molecule has 0 saturated carbocycles. The van der Waals surface area contributed by atoms with Crippen LogP contribution in [0.5, 0.6) is 0 Å². The standard InChI is InChI=1S/C21H18FN5O2/c1-13-10-16(22)8-9-17(13)24-20(28)12-26-21(29)27-14(2)23-18(11-19(27)25-26)15-6-4-3-5-7-15/h3-11H,12H2,1-2H3,(H,24,28). The van der Waals surface area contributed by atoms with Crippen LogP contribution < -0.4 is 11.0 Å². The van der Waals surface area contributed by atoms with E-state index >= 15 is 0 Å². The van der Waals surface area contributed by atoms with Crippen LogP contribution in [0.2, 0.25) is 0 Å². The Morgan fingerprint density at radius 2 is 1.86 bits per heavy atom. The summed E-state index contributed by atoms with van der Waals surface area (Å²) >= 11 is 0. The second kappa shape index (κ2) is 7.31. The Balaban J connectivity index is 1.64. The lowest BCUT2D eigenvalue weighted by Crippen LogP contribution is -2.29. The van der Waals surface area contributed by atoms with Gasteiger partial charge >= 0.3 is 5.69 Å². The molecular formula is C21H18FN5O2. The number of carbonyl (C=O) groups is 1. The van der Waals surface area contributed by atoms with Crippen LogP contribution in [0, 0.1) is 19.7 Å². The maximum atomic E-state index is 13.2. The summed E-state index contributed by atoms with van der Waals surface area (Å²) in [7, 11) is 0. The molecular weight excluding hydrogens is 373 g/mol. The monoisotopic (exact) mass is 391 g/mol. The van der Waals surface area contributed by atoms with Crippen molar-refractivity contribution < 1.29 is 9.18 Å². The van der Waals surface area contributed by atoms with Crippen molar-refractivity contribution in [1.82, 2.24) is 19.2 Å². The summed E-state index contributed by atoms with van der Waals surface area (Å²) in [5.41, 5.74) is 2.64. The molecule has 2 aromatic heterocycles. The van der Waals surface area contributed by atoms with Crippen LogP contribution in [-0.2, 0) is 11.3 Å². The molecule has 0 unspecified atom stereocenters. The first-order valence-electron chi connectivity index (χ1n) is 9.01. The Bertz CT molecular complexity index is 1280. The first kappa shape index (κ1) is 18.5. The number of aryl methyl sites for hydroxylation is 2. The second-order valence-electron chi connectivity index (χ2n) is 6.70. The van der Waals surface area contributed by atoms with Gasteiger partial charge in [-0.1, -0.05) is 30.3 Å². The van der Waals surface area contributed by atoms with Crippen LogP contribution in [0.15, 0.2) is 59.4 Å². The number of nitrogens with one attached hydrogen (secondary N) is 1. The fourth-order valence-corrected chi connectivity index (χ4v) is 3.15. The van der Waals surface area contributed by atoms with Crippen molar-refractivity contribution in [3.05, 3.63) is 82.3 Å². The quantitative estimate of drug-likeness (QED) is 0.580. The van der Waals surface area contributed by atoms with Crippen molar-refractivity contribution in [2.75, 3.05) is 5.32 Å². The number of halogens is 1. The molecule has 0 atom stereocenters. The Morgan fingerprint density at radius 1 is 1.10 bits per heavy atom. The van der Waals surface area contributed by atoms with E-state index in [0.29, 0.717) is 28.4 Å². The van der Waals surface area contributed by atoms with Gasteiger partial charge in [-0.3, -0.25) is 4.79 Å². The van der Waals surface area contributed by atoms with Crippen molar-refractivity contribution in [2.24, 2.45) is 0 Å². The minimum Gasteiger partial charge on any atom is -0.324 e. The highest BCUT2D eigenvalue weighted by atomic mass is 19.1. The Morgan fingerprint density at radius 3 is 2.59 bits per heavy atom. The smallest absolute Gasteiger partial charge is 0.324 e. The van der Waals surface area contributed by atoms with E-state index in [4.69, 9.17) is 0 Å². The number of rotatable bonds is 4. The molecule has 146 valence electrons. The van der Waals surface area contributed by atoms with Crippen LogP contribution in [-0.4, -0.2) is 25.1 Å². The molecule has 0 bridgehead atoms. The number of hydrogen-bond donors (Lipinski definition) is 1. The molecule has 0 aliphatic rings. The Hall–Kier alpha value is -3.81. The highest BCUT2D eigenvalue weighted by Gasteiger charge is 2.15. The SMILES string of the molecule is Cc1cc(F)ccc1NC(=O)Cn1nc2cc(-c3ccccc3)nc(C)n2c1=O. The van der Waals surface area contributed by atoms with E-state index in [9.17, 15) is 14.0 Å². The van der Waals surface area contributed by atoms with Crippen LogP contribution in [0.3, 0.4) is 0 Å². The lowest BCUT2D eigenvalue weighted by molar-refractivity contribution is -0.117. The molecule has 0 aliphatic heterocycles. The summed E-state index contributed by atoms with van der Waals surface area (Å²) in [5, 5.41) is 6.96. The summed E-state index contributed by atoms with van der Waals surface area (Å²) < 4.78 is 15.7. The lowest BCUT2D eigenvalue weighted by Gasteiger charge is -2.07. The summed E-state index contributed by atoms with van der Waals surface area (Å²) in [6.07, 6.45) is 0. The topological polar surface area (TPSA) is 81.3 Å². The molecule has 0 aliphatic carbocycles. The van der Waals surface area contributed by atoms with E-state index in [-0.39, 0.29) is 12.4 Å². The Kier molecular flexibility index (Phi) is 4.67. The first-order valence-corrected chi connectivity index (χ1v) is 9.01. The normalized spacial score (nSPS) is 11.0. The molecule has 2 aromatic carbocycles. The molecule has 0 spiro atoms. The van der Waals surface area contributed by atoms with Crippen LogP contribution in [0.4, 0.5) is 10.1 Å². The van der Waals surface area contributed by atoms with Crippen molar-refractivity contribution in [3.8, 4) is 11.3 Å². The van der Waals surface area contributed by atoms with Gasteiger partial charge in [-0.25, -0.2) is 23.3 Å². The molecule has 0 saturated heterocycles. The van der Waals surface area contributed by atoms with Crippen molar-refractivity contribution in [2.45, 2.75) is 20.4 Å². The van der Waals surface area contributed by atoms with E-state index in [0.717, 1.165) is 10.2 Å². The highest BCUT2D eigenvalue weighted by Crippen LogP contribution is 2.18. The van der Waals surface area contributed by atoms with E-state index in [1.54, 1.807) is 19.9 Å². The third-order valence-electron chi connectivity index (χ3n) is 4.56. The molecule has 4 aromatic rings. The zero-order valence-corrected chi connectivity index (χ0v) is 15.9. The number of hydrogen-bond acceptors (Lipinski definition) is 4. The number of nitrogens with zero attached hydrogens (tertiary/aromatic N) is 4. The maximum absolute atomic E-state index is 13.2. The molecule has 1 N–H and O–H groups in total. The molecule has 7 nitrogen and oxygen atoms in total. The fourth-order valence-electron chi connectivity index (χ4n) is 3.15. The van der Waals surface area contributed by atoms with Gasteiger partial charge in [0.25, 0.3) is 0 Å². The van der Waals surface area contributed by atoms with Crippen molar-refractivity contribution >= 4 is 17.2 Å². The van der Waals surface area contributed by atoms with Gasteiger partial charge in [-0.15, -0.1) is 5.10 Å². The number of carbonyl (C=O) groups excluding carboxylic acids is 1. The van der Waals surface area contributed by atoms with Crippen molar-refractivity contribution in [3.63, 3.8) is 0 Å². The van der Waals surface area contributed by atoms with Gasteiger partial charge in [0.1, 0.15) is 18.2 Å². The fraction of sp³-hybridized carbons (Fsp3) is 0.143. The molecule has 2 heterocycles. The molecule has 0 fully saturated rings. The zero-order valence-electron chi connectivity index (χ0n) is 15.9. The molecule has 8 heteroatoms. The average Bonchev–Trinajstić information content (AvgIpc) is 3.00. The highest BCUT2D eigenvalue weighted by molar-refractivity contribution is 5.91. The van der Waals surface area contributed by atoms with Crippen LogP contribution >= 0.6 is 0 Å². The van der Waals surface area contributed by atoms with Gasteiger partial charge in [-0.2, -0.15) is 0 Å². The predicted octanol–water partition coefficient (Wildman–Crippen LogP) is 2.95. The lowest BCUT2D eigenvalue weighted by atomic mass is 10.1. The average molecular weight is 391 g/mol. The minimum absolute atomic E-state index is 0.266. The predicted molar refractivity (Wildman–Crippen MR) is 107 cm³/mol. The third-order valence-corrected chi connectivity index (χ3v) is 4.56. The molecule has 0 radical (unpaired) electrons. The van der Waals surface area contributed by atoms with Gasteiger partial charge in [-0.05, 0) is 37.6 Å². The first-order chi connectivity index (χ1) is 13.9. The number of fused-ring (bicyclic) bond motifs is 1. The summed E-state index contributed by atoms with van der Waals surface area (Å²) in [5.74, 6) is -0.333. The van der Waals surface area contributed by atoms with E-state index < -0.39 is 11.6 Å². The van der Waals surface area contributed by atoms with Crippen molar-refractivity contribution in [1.29, 1.82) is 0 Å². The van der Waals surface area contributed by atoms with Crippen LogP contribution in [0.1, 0.15) is 11.4 Å². The second-order valence-corrected chi connectivity index (χ2v) is 6.70. The zero-order chi connectivity index (χ0) is 20.5.